The van der Waals surface area contributed by atoms with Gasteiger partial charge in [0.1, 0.15) is 0 Å². The van der Waals surface area contributed by atoms with Crippen LogP contribution in [0.1, 0.15) is 27.7 Å². The fourth-order valence-corrected chi connectivity index (χ4v) is 0.703. The van der Waals surface area contributed by atoms with E-state index in [0.29, 0.717) is 12.5 Å². The molecule has 3 nitrogen and oxygen atoms in total. The number of carbonyl (C=O) groups excluding carboxylic acids is 1. The number of hydrogen-bond acceptors (Lipinski definition) is 2. The van der Waals surface area contributed by atoms with Crippen molar-refractivity contribution < 1.29 is 9.53 Å². The van der Waals surface area contributed by atoms with Gasteiger partial charge < -0.3 is 10.1 Å². The molecule has 0 rings (SSSR count). The second kappa shape index (κ2) is 6.00. The summed E-state index contributed by atoms with van der Waals surface area (Å²) in [7, 11) is 0. The molecule has 1 amide bonds. The second-order valence-electron chi connectivity index (χ2n) is 3.47. The molecule has 0 spiro atoms. The van der Waals surface area contributed by atoms with E-state index in [0.717, 1.165) is 6.61 Å². The second-order valence-corrected chi connectivity index (χ2v) is 3.47. The Balaban J connectivity index is 3.33. The lowest BCUT2D eigenvalue weighted by atomic mass is 10.2. The van der Waals surface area contributed by atoms with Crippen LogP contribution < -0.4 is 5.32 Å². The first-order chi connectivity index (χ1) is 5.52. The third kappa shape index (κ3) is 7.54. The van der Waals surface area contributed by atoms with Crippen molar-refractivity contribution in [2.24, 2.45) is 5.92 Å². The normalized spacial score (nSPS) is 13.1. The molecule has 0 radical (unpaired) electrons. The molecule has 0 aromatic carbocycles. The van der Waals surface area contributed by atoms with Gasteiger partial charge in [-0.3, -0.25) is 4.79 Å². The predicted molar refractivity (Wildman–Crippen MR) is 48.9 cm³/mol. The van der Waals surface area contributed by atoms with Crippen LogP contribution in [0.15, 0.2) is 0 Å². The third-order valence-electron chi connectivity index (χ3n) is 1.35. The maximum absolute atomic E-state index is 10.5. The summed E-state index contributed by atoms with van der Waals surface area (Å²) in [6, 6.07) is 0. The van der Waals surface area contributed by atoms with Crippen LogP contribution in [-0.4, -0.2) is 25.2 Å². The highest BCUT2D eigenvalue weighted by molar-refractivity contribution is 5.72. The van der Waals surface area contributed by atoms with Crippen LogP contribution in [0.3, 0.4) is 0 Å². The number of carbonyl (C=O) groups is 1. The highest BCUT2D eigenvalue weighted by Crippen LogP contribution is 1.96. The van der Waals surface area contributed by atoms with E-state index in [9.17, 15) is 4.79 Å². The van der Waals surface area contributed by atoms with Crippen molar-refractivity contribution in [1.82, 2.24) is 5.32 Å². The summed E-state index contributed by atoms with van der Waals surface area (Å²) in [5.41, 5.74) is 0. The first-order valence-electron chi connectivity index (χ1n) is 4.38. The molecular formula is C9H19NO2. The summed E-state index contributed by atoms with van der Waals surface area (Å²) < 4.78 is 5.44. The van der Waals surface area contributed by atoms with Crippen molar-refractivity contribution in [3.63, 3.8) is 0 Å². The Kier molecular flexibility index (Phi) is 5.72. The fraction of sp³-hybridized carbons (Fsp3) is 0.889. The minimum absolute atomic E-state index is 0.00463. The van der Waals surface area contributed by atoms with Crippen LogP contribution in [0.5, 0.6) is 0 Å². The smallest absolute Gasteiger partial charge is 0.216 e. The molecule has 0 aliphatic heterocycles. The lowest BCUT2D eigenvalue weighted by molar-refractivity contribution is -0.119. The number of hydrogen-bond donors (Lipinski definition) is 1. The molecule has 0 aromatic heterocycles. The number of ether oxygens (including phenoxy) is 1. The Morgan fingerprint density at radius 3 is 2.42 bits per heavy atom. The van der Waals surface area contributed by atoms with E-state index in [1.807, 2.05) is 6.92 Å². The van der Waals surface area contributed by atoms with E-state index < -0.39 is 0 Å². The van der Waals surface area contributed by atoms with Crippen LogP contribution in [0.25, 0.3) is 0 Å². The van der Waals surface area contributed by atoms with E-state index in [1.165, 1.54) is 6.92 Å². The van der Waals surface area contributed by atoms with Crippen molar-refractivity contribution in [3.05, 3.63) is 0 Å². The SMILES string of the molecule is CC(=O)NCC(C)OCC(C)C. The van der Waals surface area contributed by atoms with Gasteiger partial charge in [0.2, 0.25) is 5.91 Å². The van der Waals surface area contributed by atoms with Gasteiger partial charge in [-0.25, -0.2) is 0 Å². The molecule has 0 aromatic rings. The standard InChI is InChI=1S/C9H19NO2/c1-7(2)6-12-8(3)5-10-9(4)11/h7-8H,5-6H2,1-4H3,(H,10,11). The van der Waals surface area contributed by atoms with Crippen molar-refractivity contribution in [1.29, 1.82) is 0 Å². The van der Waals surface area contributed by atoms with Gasteiger partial charge in [0.15, 0.2) is 0 Å². The van der Waals surface area contributed by atoms with E-state index >= 15 is 0 Å². The van der Waals surface area contributed by atoms with Gasteiger partial charge in [0.25, 0.3) is 0 Å². The van der Waals surface area contributed by atoms with Crippen molar-refractivity contribution in [3.8, 4) is 0 Å². The lowest BCUT2D eigenvalue weighted by Crippen LogP contribution is -2.30. The molecular weight excluding hydrogens is 154 g/mol. The molecule has 72 valence electrons. The van der Waals surface area contributed by atoms with E-state index in [2.05, 4.69) is 19.2 Å². The molecule has 1 N–H and O–H groups in total. The minimum Gasteiger partial charge on any atom is -0.376 e. The van der Waals surface area contributed by atoms with Gasteiger partial charge in [0.05, 0.1) is 6.10 Å². The van der Waals surface area contributed by atoms with Crippen LogP contribution in [0.4, 0.5) is 0 Å². The van der Waals surface area contributed by atoms with Crippen LogP contribution >= 0.6 is 0 Å². The first-order valence-corrected chi connectivity index (χ1v) is 4.38. The van der Waals surface area contributed by atoms with E-state index in [1.54, 1.807) is 0 Å². The Bertz CT molecular complexity index is 134. The average molecular weight is 173 g/mol. The molecule has 3 heteroatoms. The van der Waals surface area contributed by atoms with E-state index in [4.69, 9.17) is 4.74 Å². The van der Waals surface area contributed by atoms with Gasteiger partial charge in [-0.05, 0) is 12.8 Å². The summed E-state index contributed by atoms with van der Waals surface area (Å²) in [5, 5.41) is 2.71. The van der Waals surface area contributed by atoms with Crippen LogP contribution in [-0.2, 0) is 9.53 Å². The van der Waals surface area contributed by atoms with Gasteiger partial charge in [0, 0.05) is 20.1 Å². The number of nitrogens with one attached hydrogen (secondary N) is 1. The third-order valence-corrected chi connectivity index (χ3v) is 1.35. The summed E-state index contributed by atoms with van der Waals surface area (Å²) >= 11 is 0. The topological polar surface area (TPSA) is 38.3 Å². The van der Waals surface area contributed by atoms with E-state index in [-0.39, 0.29) is 12.0 Å². The predicted octanol–water partition coefficient (Wildman–Crippen LogP) is 1.18. The molecule has 12 heavy (non-hydrogen) atoms. The fourth-order valence-electron chi connectivity index (χ4n) is 0.703. The number of rotatable bonds is 5. The summed E-state index contributed by atoms with van der Waals surface area (Å²) in [6.45, 7) is 9.02. The van der Waals surface area contributed by atoms with Gasteiger partial charge in [-0.15, -0.1) is 0 Å². The maximum atomic E-state index is 10.5. The van der Waals surface area contributed by atoms with Crippen LogP contribution in [0, 0.1) is 5.92 Å². The van der Waals surface area contributed by atoms with Crippen molar-refractivity contribution in [2.45, 2.75) is 33.8 Å². The lowest BCUT2D eigenvalue weighted by Gasteiger charge is -2.14. The maximum Gasteiger partial charge on any atom is 0.216 e. The van der Waals surface area contributed by atoms with Crippen LogP contribution in [0.2, 0.25) is 0 Å². The Morgan fingerprint density at radius 1 is 1.42 bits per heavy atom. The Morgan fingerprint density at radius 2 is 2.00 bits per heavy atom. The molecule has 0 saturated heterocycles. The summed E-state index contributed by atoms with van der Waals surface area (Å²) in [4.78, 5) is 10.5. The molecule has 1 unspecified atom stereocenters. The Hall–Kier alpha value is -0.570. The highest BCUT2D eigenvalue weighted by Gasteiger charge is 2.03. The molecule has 1 atom stereocenters. The number of amides is 1. The monoisotopic (exact) mass is 173 g/mol. The molecule has 0 fully saturated rings. The van der Waals surface area contributed by atoms with Gasteiger partial charge >= 0.3 is 0 Å². The Labute approximate surface area is 74.5 Å². The summed E-state index contributed by atoms with van der Waals surface area (Å²) in [5.74, 6) is 0.541. The quantitative estimate of drug-likeness (QED) is 0.678. The average Bonchev–Trinajstić information content (AvgIpc) is 1.96. The highest BCUT2D eigenvalue weighted by atomic mass is 16.5. The zero-order valence-electron chi connectivity index (χ0n) is 8.39. The largest absolute Gasteiger partial charge is 0.376 e. The molecule has 0 saturated carbocycles. The molecule has 0 bridgehead atoms. The zero-order chi connectivity index (χ0) is 9.56. The minimum atomic E-state index is -0.00463. The molecule has 0 aliphatic rings. The zero-order valence-corrected chi connectivity index (χ0v) is 8.39. The van der Waals surface area contributed by atoms with Gasteiger partial charge in [-0.1, -0.05) is 13.8 Å². The van der Waals surface area contributed by atoms with Crippen molar-refractivity contribution >= 4 is 5.91 Å². The molecule has 0 heterocycles. The van der Waals surface area contributed by atoms with Crippen molar-refractivity contribution in [2.75, 3.05) is 13.2 Å². The molecule has 0 aliphatic carbocycles. The van der Waals surface area contributed by atoms with Gasteiger partial charge in [-0.2, -0.15) is 0 Å². The summed E-state index contributed by atoms with van der Waals surface area (Å²) in [6.07, 6.45) is 0.108. The first kappa shape index (κ1) is 11.4.